The number of nitrogens with zero attached hydrogens (tertiary/aromatic N) is 3. The molecule has 0 unspecified atom stereocenters. The van der Waals surface area contributed by atoms with E-state index in [2.05, 4.69) is 15.3 Å². The number of hydrogen-bond acceptors (Lipinski definition) is 5. The number of halogens is 1. The van der Waals surface area contributed by atoms with Gasteiger partial charge in [-0.1, -0.05) is 36.4 Å². The van der Waals surface area contributed by atoms with Crippen molar-refractivity contribution in [2.75, 3.05) is 26.2 Å². The first-order valence-electron chi connectivity index (χ1n) is 12.2. The van der Waals surface area contributed by atoms with Gasteiger partial charge in [0, 0.05) is 31.0 Å². The van der Waals surface area contributed by atoms with Gasteiger partial charge in [-0.3, -0.25) is 14.0 Å². The van der Waals surface area contributed by atoms with Crippen LogP contribution < -0.4 is 16.6 Å². The van der Waals surface area contributed by atoms with E-state index >= 15 is 0 Å². The van der Waals surface area contributed by atoms with Gasteiger partial charge in [-0.2, -0.15) is 4.98 Å². The summed E-state index contributed by atoms with van der Waals surface area (Å²) >= 11 is 0. The molecule has 1 aliphatic heterocycles. The molecule has 186 valence electrons. The number of aromatic amines is 1. The molecule has 0 bridgehead atoms. The predicted octanol–water partition coefficient (Wildman–Crippen LogP) is 2.98. The van der Waals surface area contributed by atoms with Crippen molar-refractivity contribution in [3.8, 4) is 22.4 Å². The first-order valence-corrected chi connectivity index (χ1v) is 12.2. The number of H-pyrrole nitrogens is 1. The molecule has 4 aromatic rings. The van der Waals surface area contributed by atoms with Gasteiger partial charge in [-0.15, -0.1) is 0 Å². The molecule has 0 spiro atoms. The number of rotatable bonds is 8. The summed E-state index contributed by atoms with van der Waals surface area (Å²) in [5, 5.41) is 3.34. The minimum atomic E-state index is -0.943. The van der Waals surface area contributed by atoms with Gasteiger partial charge in [-0.25, -0.2) is 4.39 Å². The van der Waals surface area contributed by atoms with Crippen molar-refractivity contribution in [2.24, 2.45) is 5.73 Å². The smallest absolute Gasteiger partial charge is 0.282 e. The average molecular weight is 489 g/mol. The number of nitrogens with two attached hydrogens (primary N) is 1. The Bertz CT molecular complexity index is 1410. The van der Waals surface area contributed by atoms with Crippen LogP contribution in [0.4, 0.5) is 4.39 Å². The van der Waals surface area contributed by atoms with Gasteiger partial charge in [-0.05, 0) is 54.8 Å². The van der Waals surface area contributed by atoms with E-state index in [1.54, 1.807) is 27.6 Å². The Kier molecular flexibility index (Phi) is 6.92. The fourth-order valence-corrected chi connectivity index (χ4v) is 4.44. The van der Waals surface area contributed by atoms with E-state index in [1.165, 1.54) is 0 Å². The van der Waals surface area contributed by atoms with Crippen LogP contribution in [-0.2, 0) is 6.54 Å². The third kappa shape index (κ3) is 5.07. The van der Waals surface area contributed by atoms with E-state index in [9.17, 15) is 14.0 Å². The van der Waals surface area contributed by atoms with Gasteiger partial charge >= 0.3 is 0 Å². The Balaban J connectivity index is 1.34. The lowest BCUT2D eigenvalue weighted by molar-refractivity contribution is 0.0783. The number of fused-ring (bicyclic) bond motifs is 1. The summed E-state index contributed by atoms with van der Waals surface area (Å²) < 4.78 is 15.2. The quantitative estimate of drug-likeness (QED) is 0.331. The highest BCUT2D eigenvalue weighted by Gasteiger charge is 2.26. The van der Waals surface area contributed by atoms with E-state index in [1.807, 2.05) is 42.6 Å². The normalized spacial score (nSPS) is 15.6. The van der Waals surface area contributed by atoms with Crippen molar-refractivity contribution in [1.29, 1.82) is 0 Å². The molecule has 2 aromatic carbocycles. The van der Waals surface area contributed by atoms with Crippen molar-refractivity contribution in [3.63, 3.8) is 0 Å². The van der Waals surface area contributed by atoms with Crippen LogP contribution in [0.15, 0.2) is 65.7 Å². The predicted molar refractivity (Wildman–Crippen MR) is 137 cm³/mol. The number of likely N-dealkylation sites (tertiary alicyclic amines) is 1. The largest absolute Gasteiger partial charge is 0.336 e. The summed E-state index contributed by atoms with van der Waals surface area (Å²) in [7, 11) is 0. The lowest BCUT2D eigenvalue weighted by atomic mass is 10.1. The molecule has 0 radical (unpaired) electrons. The molecule has 1 aliphatic rings. The zero-order chi connectivity index (χ0) is 25.1. The lowest BCUT2D eigenvalue weighted by Crippen LogP contribution is -2.28. The molecule has 1 amide bonds. The van der Waals surface area contributed by atoms with E-state index in [4.69, 9.17) is 5.73 Å². The maximum Gasteiger partial charge on any atom is 0.282 e. The van der Waals surface area contributed by atoms with Crippen LogP contribution in [0.25, 0.3) is 28.2 Å². The summed E-state index contributed by atoms with van der Waals surface area (Å²) in [5.74, 6) is 0.276. The highest BCUT2D eigenvalue weighted by Crippen LogP contribution is 2.23. The second-order valence-corrected chi connectivity index (χ2v) is 9.09. The van der Waals surface area contributed by atoms with Crippen molar-refractivity contribution >= 4 is 11.7 Å². The molecule has 2 aromatic heterocycles. The standard InChI is InChI=1S/C27H29FN6O2/c28-22-10-13-33(15-22)26(36)21-8-6-20(7-9-21)24-17-34-16-23(25(35)32-27(34)31-24)19-4-2-18(3-5-19)14-30-12-1-11-29/h2-9,16-17,22,30H,1,10-15,29H2,(H,31,32,35)/t22-/m1/s1. The summed E-state index contributed by atoms with van der Waals surface area (Å²) in [5.41, 5.74) is 9.79. The molecule has 0 saturated carbocycles. The second-order valence-electron chi connectivity index (χ2n) is 9.09. The molecule has 5 rings (SSSR count). The molecule has 8 nitrogen and oxygen atoms in total. The van der Waals surface area contributed by atoms with Crippen LogP contribution >= 0.6 is 0 Å². The topological polar surface area (TPSA) is 109 Å². The summed E-state index contributed by atoms with van der Waals surface area (Å²) in [6.45, 7) is 2.88. The first-order chi connectivity index (χ1) is 17.5. The molecule has 1 saturated heterocycles. The van der Waals surface area contributed by atoms with Gasteiger partial charge in [0.05, 0.1) is 17.8 Å². The maximum atomic E-state index is 13.5. The molecule has 1 fully saturated rings. The highest BCUT2D eigenvalue weighted by atomic mass is 19.1. The zero-order valence-corrected chi connectivity index (χ0v) is 19.9. The monoisotopic (exact) mass is 488 g/mol. The number of benzene rings is 2. The molecular formula is C27H29FN6O2. The number of alkyl halides is 1. The van der Waals surface area contributed by atoms with Crippen molar-refractivity contribution in [3.05, 3.63) is 82.4 Å². The molecule has 36 heavy (non-hydrogen) atoms. The zero-order valence-electron chi connectivity index (χ0n) is 19.9. The van der Waals surface area contributed by atoms with Gasteiger partial charge in [0.25, 0.3) is 11.5 Å². The number of carbonyl (C=O) groups is 1. The highest BCUT2D eigenvalue weighted by molar-refractivity contribution is 5.94. The number of imidazole rings is 1. The molecule has 9 heteroatoms. The Morgan fingerprint density at radius 3 is 2.56 bits per heavy atom. The maximum absolute atomic E-state index is 13.5. The number of hydrogen-bond donors (Lipinski definition) is 3. The van der Waals surface area contributed by atoms with Gasteiger partial charge in [0.15, 0.2) is 0 Å². The minimum absolute atomic E-state index is 0.152. The van der Waals surface area contributed by atoms with Crippen molar-refractivity contribution < 1.29 is 9.18 Å². The number of aromatic nitrogens is 3. The molecular weight excluding hydrogens is 459 g/mol. The van der Waals surface area contributed by atoms with Crippen LogP contribution in [0, 0.1) is 0 Å². The third-order valence-electron chi connectivity index (χ3n) is 6.48. The summed E-state index contributed by atoms with van der Waals surface area (Å²) in [4.78, 5) is 34.3. The van der Waals surface area contributed by atoms with Gasteiger partial charge in [0.1, 0.15) is 6.17 Å². The second kappa shape index (κ2) is 10.4. The number of amides is 1. The molecule has 1 atom stereocenters. The molecule has 0 aliphatic carbocycles. The summed E-state index contributed by atoms with van der Waals surface area (Å²) in [6.07, 6.45) is 4.02. The Hall–Kier alpha value is -3.82. The Morgan fingerprint density at radius 1 is 1.11 bits per heavy atom. The molecule has 4 N–H and O–H groups in total. The summed E-state index contributed by atoms with van der Waals surface area (Å²) in [6, 6.07) is 15.0. The van der Waals surface area contributed by atoms with E-state index in [-0.39, 0.29) is 18.0 Å². The lowest BCUT2D eigenvalue weighted by Gasteiger charge is -2.15. The van der Waals surface area contributed by atoms with Crippen molar-refractivity contribution in [1.82, 2.24) is 24.6 Å². The molecule has 3 heterocycles. The van der Waals surface area contributed by atoms with Crippen LogP contribution in [0.2, 0.25) is 0 Å². The Morgan fingerprint density at radius 2 is 1.86 bits per heavy atom. The first kappa shape index (κ1) is 23.9. The van der Waals surface area contributed by atoms with E-state index in [0.29, 0.717) is 36.4 Å². The minimum Gasteiger partial charge on any atom is -0.336 e. The van der Waals surface area contributed by atoms with Gasteiger partial charge in [0.2, 0.25) is 5.78 Å². The van der Waals surface area contributed by atoms with Crippen molar-refractivity contribution in [2.45, 2.75) is 25.6 Å². The van der Waals surface area contributed by atoms with Crippen LogP contribution in [0.3, 0.4) is 0 Å². The Labute approximate surface area is 208 Å². The van der Waals surface area contributed by atoms with E-state index in [0.717, 1.165) is 41.9 Å². The van der Waals surface area contributed by atoms with Crippen LogP contribution in [-0.4, -0.2) is 57.5 Å². The van der Waals surface area contributed by atoms with Crippen LogP contribution in [0.1, 0.15) is 28.8 Å². The van der Waals surface area contributed by atoms with Crippen LogP contribution in [0.5, 0.6) is 0 Å². The van der Waals surface area contributed by atoms with E-state index < -0.39 is 6.17 Å². The average Bonchev–Trinajstić information content (AvgIpc) is 3.52. The van der Waals surface area contributed by atoms with Gasteiger partial charge < -0.3 is 20.9 Å². The SMILES string of the molecule is NCCCNCc1ccc(-c2cn3cc(-c4ccc(C(=O)N5CC[C@@H](F)C5)cc4)[nH]c3nc2=O)cc1. The number of nitrogens with one attached hydrogen (secondary N) is 2. The fraction of sp³-hybridized carbons (Fsp3) is 0.296. The fourth-order valence-electron chi connectivity index (χ4n) is 4.44. The number of carbonyl (C=O) groups excluding carboxylic acids is 1. The third-order valence-corrected chi connectivity index (χ3v) is 6.48.